The molecule has 0 saturated heterocycles. The monoisotopic (exact) mass is 355 g/mol. The lowest BCUT2D eigenvalue weighted by Gasteiger charge is -2.19. The molecule has 0 spiro atoms. The maximum Gasteiger partial charge on any atom is 0.326 e. The number of methoxy groups -OCH3 is 1. The van der Waals surface area contributed by atoms with Gasteiger partial charge in [-0.2, -0.15) is 0 Å². The number of aromatic nitrogens is 4. The van der Waals surface area contributed by atoms with Gasteiger partial charge in [0.05, 0.1) is 23.3 Å². The molecule has 0 fully saturated rings. The van der Waals surface area contributed by atoms with Gasteiger partial charge in [0, 0.05) is 31.7 Å². The minimum absolute atomic E-state index is 0.105. The predicted molar refractivity (Wildman–Crippen MR) is 102 cm³/mol. The lowest BCUT2D eigenvalue weighted by molar-refractivity contribution is 0.181. The van der Waals surface area contributed by atoms with Crippen LogP contribution in [0.25, 0.3) is 11.0 Å². The highest BCUT2D eigenvalue weighted by molar-refractivity contribution is 5.74. The fourth-order valence-corrected chi connectivity index (χ4v) is 2.77. The number of imidazole rings is 1. The summed E-state index contributed by atoms with van der Waals surface area (Å²) in [6.45, 7) is 7.78. The normalized spacial score (nSPS) is 11.8. The summed E-state index contributed by atoms with van der Waals surface area (Å²) in [7, 11) is 1.65. The number of ether oxygens (including phenoxy) is 1. The average Bonchev–Trinajstić information content (AvgIpc) is 2.90. The highest BCUT2D eigenvalue weighted by atomic mass is 16.5. The van der Waals surface area contributed by atoms with Crippen LogP contribution in [0.5, 0.6) is 0 Å². The van der Waals surface area contributed by atoms with Gasteiger partial charge in [-0.15, -0.1) is 0 Å². The van der Waals surface area contributed by atoms with Crippen LogP contribution in [0.4, 0.5) is 5.82 Å². The molecule has 7 nitrogen and oxygen atoms in total. The zero-order chi connectivity index (χ0) is 18.7. The Morgan fingerprint density at radius 1 is 1.23 bits per heavy atom. The van der Waals surface area contributed by atoms with E-state index < -0.39 is 0 Å². The first-order valence-corrected chi connectivity index (χ1v) is 8.67. The zero-order valence-corrected chi connectivity index (χ0v) is 15.7. The number of hydrogen-bond acceptors (Lipinski definition) is 5. The maximum atomic E-state index is 12.1. The summed E-state index contributed by atoms with van der Waals surface area (Å²) in [5, 5.41) is 3.31. The first-order valence-electron chi connectivity index (χ1n) is 8.67. The number of benzene rings is 1. The van der Waals surface area contributed by atoms with Gasteiger partial charge in [0.25, 0.3) is 0 Å². The van der Waals surface area contributed by atoms with Gasteiger partial charge in [0.2, 0.25) is 0 Å². The summed E-state index contributed by atoms with van der Waals surface area (Å²) in [6.07, 6.45) is 0. The molecule has 2 aromatic heterocycles. The molecule has 0 unspecified atom stereocenters. The number of H-pyrrole nitrogens is 1. The van der Waals surface area contributed by atoms with Gasteiger partial charge in [0.15, 0.2) is 0 Å². The second-order valence-electron chi connectivity index (χ2n) is 7.28. The zero-order valence-electron chi connectivity index (χ0n) is 15.7. The molecule has 0 atom stereocenters. The van der Waals surface area contributed by atoms with Crippen LogP contribution in [0.1, 0.15) is 32.3 Å². The van der Waals surface area contributed by atoms with Gasteiger partial charge in [-0.05, 0) is 12.1 Å². The molecular weight excluding hydrogens is 330 g/mol. The van der Waals surface area contributed by atoms with Crippen LogP contribution in [0.3, 0.4) is 0 Å². The van der Waals surface area contributed by atoms with E-state index in [0.717, 1.165) is 28.4 Å². The summed E-state index contributed by atoms with van der Waals surface area (Å²) >= 11 is 0. The van der Waals surface area contributed by atoms with E-state index in [9.17, 15) is 4.79 Å². The number of para-hydroxylation sites is 2. The van der Waals surface area contributed by atoms with E-state index in [1.165, 1.54) is 0 Å². The van der Waals surface area contributed by atoms with Crippen LogP contribution in [-0.2, 0) is 23.3 Å². The van der Waals surface area contributed by atoms with Crippen LogP contribution in [0, 0.1) is 0 Å². The Bertz CT molecular complexity index is 952. The number of nitrogens with zero attached hydrogens (tertiary/aromatic N) is 3. The number of hydrogen-bond donors (Lipinski definition) is 2. The van der Waals surface area contributed by atoms with Crippen molar-refractivity contribution < 1.29 is 4.74 Å². The van der Waals surface area contributed by atoms with Crippen LogP contribution in [0.2, 0.25) is 0 Å². The molecule has 7 heteroatoms. The minimum Gasteiger partial charge on any atom is -0.378 e. The third kappa shape index (κ3) is 3.94. The first-order chi connectivity index (χ1) is 12.4. The van der Waals surface area contributed by atoms with E-state index >= 15 is 0 Å². The summed E-state index contributed by atoms with van der Waals surface area (Å²) in [6, 6.07) is 9.56. The molecule has 0 bridgehead atoms. The minimum atomic E-state index is -0.159. The molecule has 0 saturated carbocycles. The van der Waals surface area contributed by atoms with Gasteiger partial charge >= 0.3 is 5.69 Å². The molecule has 0 aliphatic carbocycles. The molecule has 0 aliphatic heterocycles. The lowest BCUT2D eigenvalue weighted by atomic mass is 9.95. The lowest BCUT2D eigenvalue weighted by Crippen LogP contribution is -2.22. The van der Waals surface area contributed by atoms with Gasteiger partial charge in [-0.1, -0.05) is 32.9 Å². The highest BCUT2D eigenvalue weighted by Crippen LogP contribution is 2.20. The molecule has 2 heterocycles. The van der Waals surface area contributed by atoms with E-state index in [1.807, 2.05) is 30.3 Å². The summed E-state index contributed by atoms with van der Waals surface area (Å²) in [4.78, 5) is 24.2. The second kappa shape index (κ2) is 7.29. The molecule has 0 aliphatic rings. The van der Waals surface area contributed by atoms with Crippen molar-refractivity contribution in [2.75, 3.05) is 19.0 Å². The number of nitrogens with one attached hydrogen (secondary N) is 2. The van der Waals surface area contributed by atoms with Crippen molar-refractivity contribution in [3.05, 3.63) is 52.3 Å². The van der Waals surface area contributed by atoms with Gasteiger partial charge in [-0.25, -0.2) is 14.8 Å². The van der Waals surface area contributed by atoms with Crippen molar-refractivity contribution in [1.29, 1.82) is 0 Å². The summed E-state index contributed by atoms with van der Waals surface area (Å²) < 4.78 is 6.94. The number of rotatable bonds is 6. The van der Waals surface area contributed by atoms with Crippen molar-refractivity contribution in [2.45, 2.75) is 39.3 Å². The molecule has 1 aromatic carbocycles. The molecular formula is C19H25N5O2. The number of aromatic amines is 1. The molecule has 26 heavy (non-hydrogen) atoms. The van der Waals surface area contributed by atoms with Gasteiger partial charge in [-0.3, -0.25) is 4.57 Å². The topological polar surface area (TPSA) is 84.8 Å². The molecule has 0 amide bonds. The van der Waals surface area contributed by atoms with E-state index in [4.69, 9.17) is 4.74 Å². The Kier molecular flexibility index (Phi) is 5.08. The molecule has 0 radical (unpaired) electrons. The van der Waals surface area contributed by atoms with Crippen molar-refractivity contribution in [3.63, 3.8) is 0 Å². The fourth-order valence-electron chi connectivity index (χ4n) is 2.77. The number of fused-ring (bicyclic) bond motifs is 1. The van der Waals surface area contributed by atoms with Crippen LogP contribution in [0.15, 0.2) is 35.1 Å². The second-order valence-corrected chi connectivity index (χ2v) is 7.28. The molecule has 3 aromatic rings. The Hall–Kier alpha value is -2.67. The van der Waals surface area contributed by atoms with Gasteiger partial charge in [0.1, 0.15) is 11.6 Å². The largest absolute Gasteiger partial charge is 0.378 e. The quantitative estimate of drug-likeness (QED) is 0.710. The molecule has 3 rings (SSSR count). The fraction of sp³-hybridized carbons (Fsp3) is 0.421. The highest BCUT2D eigenvalue weighted by Gasteiger charge is 2.19. The average molecular weight is 355 g/mol. The van der Waals surface area contributed by atoms with Crippen molar-refractivity contribution in [3.8, 4) is 0 Å². The SMILES string of the molecule is COCc1cc(NCCn2c(=O)[nH]c3ccccc32)nc(C(C)(C)C)n1. The third-order valence-electron chi connectivity index (χ3n) is 4.07. The van der Waals surface area contributed by atoms with E-state index in [0.29, 0.717) is 19.7 Å². The van der Waals surface area contributed by atoms with E-state index in [-0.39, 0.29) is 11.1 Å². The first kappa shape index (κ1) is 18.1. The molecule has 138 valence electrons. The van der Waals surface area contributed by atoms with Crippen molar-refractivity contribution in [1.82, 2.24) is 19.5 Å². The molecule has 2 N–H and O–H groups in total. The van der Waals surface area contributed by atoms with Crippen LogP contribution < -0.4 is 11.0 Å². The third-order valence-corrected chi connectivity index (χ3v) is 4.07. The Morgan fingerprint density at radius 3 is 2.73 bits per heavy atom. The summed E-state index contributed by atoms with van der Waals surface area (Å²) in [5.41, 5.74) is 2.31. The van der Waals surface area contributed by atoms with Crippen molar-refractivity contribution >= 4 is 16.9 Å². The predicted octanol–water partition coefficient (Wildman–Crippen LogP) is 2.68. The Labute approximate surface area is 152 Å². The number of anilines is 1. The van der Waals surface area contributed by atoms with Crippen LogP contribution in [-0.4, -0.2) is 33.2 Å². The Morgan fingerprint density at radius 2 is 2.00 bits per heavy atom. The Balaban J connectivity index is 1.77. The van der Waals surface area contributed by atoms with E-state index in [1.54, 1.807) is 11.7 Å². The smallest absolute Gasteiger partial charge is 0.326 e. The summed E-state index contributed by atoms with van der Waals surface area (Å²) in [5.74, 6) is 1.50. The van der Waals surface area contributed by atoms with Crippen LogP contribution >= 0.6 is 0 Å². The van der Waals surface area contributed by atoms with Crippen molar-refractivity contribution in [2.24, 2.45) is 0 Å². The van der Waals surface area contributed by atoms with E-state index in [2.05, 4.69) is 41.0 Å². The van der Waals surface area contributed by atoms with Gasteiger partial charge < -0.3 is 15.0 Å². The standard InChI is InChI=1S/C19H25N5O2/c1-19(2,3)17-21-13(12-26-4)11-16(23-17)20-9-10-24-15-8-6-5-7-14(15)22-18(24)25/h5-8,11H,9-10,12H2,1-4H3,(H,22,25)(H,20,21,23). The maximum absolute atomic E-state index is 12.1.